The van der Waals surface area contributed by atoms with Gasteiger partial charge in [0.2, 0.25) is 5.91 Å². The smallest absolute Gasteiger partial charge is 0.230 e. The van der Waals surface area contributed by atoms with Crippen molar-refractivity contribution in [3.63, 3.8) is 0 Å². The molecule has 1 aliphatic carbocycles. The number of benzene rings is 1. The molecule has 8 nitrogen and oxygen atoms in total. The zero-order valence-electron chi connectivity index (χ0n) is 20.2. The van der Waals surface area contributed by atoms with Crippen LogP contribution in [0.5, 0.6) is 0 Å². The van der Waals surface area contributed by atoms with Crippen molar-refractivity contribution in [1.29, 1.82) is 0 Å². The van der Waals surface area contributed by atoms with E-state index in [9.17, 15) is 4.79 Å². The second-order valence-corrected chi connectivity index (χ2v) is 10.2. The summed E-state index contributed by atoms with van der Waals surface area (Å²) in [5, 5.41) is 4.78. The Morgan fingerprint density at radius 2 is 1.86 bits per heavy atom. The van der Waals surface area contributed by atoms with Gasteiger partial charge in [-0.2, -0.15) is 5.10 Å². The van der Waals surface area contributed by atoms with E-state index in [2.05, 4.69) is 15.1 Å². The summed E-state index contributed by atoms with van der Waals surface area (Å²) in [4.78, 5) is 33.7. The van der Waals surface area contributed by atoms with Gasteiger partial charge in [0.1, 0.15) is 22.9 Å². The van der Waals surface area contributed by atoms with E-state index in [4.69, 9.17) is 21.6 Å². The normalized spacial score (nSPS) is 20.4. The number of amides is 1. The lowest BCUT2D eigenvalue weighted by Crippen LogP contribution is -2.41. The van der Waals surface area contributed by atoms with Crippen LogP contribution in [-0.2, 0) is 4.79 Å². The standard InChI is InChI=1S/C26H25ClFN7O/c1-13-14(2)31-25-23(30-13)22(19-7-4-17(27)9-21(19)28)32-24(33-25)15-8-20(26(36)34(3)11-15)16-10-29-35(12-16)18-5-6-18/h4,7,9-10,12,15,18,20H,5-6,8,11H2,1-3H3/t15-,20-/m1/s1. The van der Waals surface area contributed by atoms with Crippen LogP contribution >= 0.6 is 11.6 Å². The average Bonchev–Trinajstić information content (AvgIpc) is 3.58. The molecule has 1 saturated heterocycles. The van der Waals surface area contributed by atoms with Crippen molar-refractivity contribution in [2.75, 3.05) is 13.6 Å². The predicted octanol–water partition coefficient (Wildman–Crippen LogP) is 4.76. The molecular formula is C26H25ClFN7O. The minimum absolute atomic E-state index is 0.0533. The number of aromatic nitrogens is 6. The molecule has 10 heteroatoms. The van der Waals surface area contributed by atoms with Gasteiger partial charge in [-0.3, -0.25) is 9.48 Å². The number of halogens is 2. The van der Waals surface area contributed by atoms with E-state index in [0.29, 0.717) is 46.7 Å². The zero-order valence-corrected chi connectivity index (χ0v) is 21.0. The third-order valence-corrected chi connectivity index (χ3v) is 7.38. The number of fused-ring (bicyclic) bond motifs is 1. The number of piperidine rings is 1. The number of hydrogen-bond acceptors (Lipinski definition) is 6. The Balaban J connectivity index is 1.45. The maximum absolute atomic E-state index is 15.0. The molecule has 0 spiro atoms. The van der Waals surface area contributed by atoms with Crippen molar-refractivity contribution in [1.82, 2.24) is 34.6 Å². The third-order valence-electron chi connectivity index (χ3n) is 7.14. The zero-order chi connectivity index (χ0) is 25.1. The fourth-order valence-electron chi connectivity index (χ4n) is 4.86. The van der Waals surface area contributed by atoms with E-state index in [1.54, 1.807) is 30.3 Å². The van der Waals surface area contributed by atoms with Gasteiger partial charge in [0.25, 0.3) is 0 Å². The molecule has 0 bridgehead atoms. The van der Waals surface area contributed by atoms with Crippen LogP contribution in [-0.4, -0.2) is 54.1 Å². The van der Waals surface area contributed by atoms with Gasteiger partial charge in [-0.15, -0.1) is 0 Å². The van der Waals surface area contributed by atoms with Crippen molar-refractivity contribution < 1.29 is 9.18 Å². The molecule has 36 heavy (non-hydrogen) atoms. The Hall–Kier alpha value is -3.46. The topological polar surface area (TPSA) is 89.7 Å². The van der Waals surface area contributed by atoms with Gasteiger partial charge in [-0.05, 0) is 51.3 Å². The number of likely N-dealkylation sites (tertiary alicyclic amines) is 1. The number of nitrogens with zero attached hydrogens (tertiary/aromatic N) is 7. The Morgan fingerprint density at radius 3 is 2.61 bits per heavy atom. The van der Waals surface area contributed by atoms with Gasteiger partial charge < -0.3 is 4.90 Å². The molecular weight excluding hydrogens is 481 g/mol. The van der Waals surface area contributed by atoms with Crippen molar-refractivity contribution in [3.05, 3.63) is 64.2 Å². The van der Waals surface area contributed by atoms with Gasteiger partial charge >= 0.3 is 0 Å². The molecule has 1 amide bonds. The lowest BCUT2D eigenvalue weighted by atomic mass is 9.84. The lowest BCUT2D eigenvalue weighted by Gasteiger charge is -2.34. The van der Waals surface area contributed by atoms with Crippen LogP contribution in [0.15, 0.2) is 30.6 Å². The molecule has 0 unspecified atom stereocenters. The molecule has 1 aromatic carbocycles. The Bertz CT molecular complexity index is 1520. The van der Waals surface area contributed by atoms with Crippen molar-refractivity contribution in [2.45, 2.75) is 51.0 Å². The highest BCUT2D eigenvalue weighted by atomic mass is 35.5. The number of rotatable bonds is 4. The molecule has 1 saturated carbocycles. The number of likely N-dealkylation sites (N-methyl/N-ethyl adjacent to an activating group) is 1. The minimum Gasteiger partial charge on any atom is -0.344 e. The monoisotopic (exact) mass is 505 g/mol. The maximum atomic E-state index is 15.0. The molecule has 184 valence electrons. The summed E-state index contributed by atoms with van der Waals surface area (Å²) in [6, 6.07) is 4.94. The van der Waals surface area contributed by atoms with Gasteiger partial charge in [0.05, 0.1) is 29.5 Å². The van der Waals surface area contributed by atoms with Crippen LogP contribution in [0, 0.1) is 19.7 Å². The number of carbonyl (C=O) groups is 1. The molecule has 2 fully saturated rings. The Morgan fingerprint density at radius 1 is 1.08 bits per heavy atom. The van der Waals surface area contributed by atoms with Gasteiger partial charge in [-0.1, -0.05) is 11.6 Å². The third kappa shape index (κ3) is 4.01. The first-order valence-corrected chi connectivity index (χ1v) is 12.4. The second-order valence-electron chi connectivity index (χ2n) is 9.81. The fourth-order valence-corrected chi connectivity index (χ4v) is 5.02. The molecule has 0 radical (unpaired) electrons. The molecule has 2 atom stereocenters. The quantitative estimate of drug-likeness (QED) is 0.397. The molecule has 2 aliphatic rings. The summed E-state index contributed by atoms with van der Waals surface area (Å²) in [7, 11) is 1.79. The first-order valence-electron chi connectivity index (χ1n) is 12.1. The highest BCUT2D eigenvalue weighted by Gasteiger charge is 2.37. The number of hydrogen-bond donors (Lipinski definition) is 0. The number of carbonyl (C=O) groups excluding carboxylic acids is 1. The first-order chi connectivity index (χ1) is 17.3. The van der Waals surface area contributed by atoms with E-state index in [0.717, 1.165) is 29.8 Å². The summed E-state index contributed by atoms with van der Waals surface area (Å²) >= 11 is 6.01. The van der Waals surface area contributed by atoms with E-state index in [-0.39, 0.29) is 23.3 Å². The van der Waals surface area contributed by atoms with Gasteiger partial charge in [0.15, 0.2) is 5.65 Å². The molecule has 4 aromatic rings. The molecule has 3 aromatic heterocycles. The fraction of sp³-hybridized carbons (Fsp3) is 0.385. The van der Waals surface area contributed by atoms with Crippen LogP contribution in [0.4, 0.5) is 4.39 Å². The van der Waals surface area contributed by atoms with Crippen LogP contribution in [0.2, 0.25) is 5.02 Å². The maximum Gasteiger partial charge on any atom is 0.230 e. The molecule has 4 heterocycles. The van der Waals surface area contributed by atoms with E-state index in [1.165, 1.54) is 6.07 Å². The van der Waals surface area contributed by atoms with Crippen LogP contribution in [0.1, 0.15) is 59.9 Å². The molecule has 6 rings (SSSR count). The molecule has 0 N–H and O–H groups in total. The molecule has 1 aliphatic heterocycles. The van der Waals surface area contributed by atoms with Gasteiger partial charge in [-0.25, -0.2) is 24.3 Å². The average molecular weight is 506 g/mol. The summed E-state index contributed by atoms with van der Waals surface area (Å²) in [5.41, 5.74) is 3.88. The summed E-state index contributed by atoms with van der Waals surface area (Å²) < 4.78 is 17.0. The largest absolute Gasteiger partial charge is 0.344 e. The van der Waals surface area contributed by atoms with Crippen molar-refractivity contribution in [2.24, 2.45) is 0 Å². The van der Waals surface area contributed by atoms with Crippen LogP contribution in [0.3, 0.4) is 0 Å². The first kappa shape index (κ1) is 23.0. The summed E-state index contributed by atoms with van der Waals surface area (Å²) in [6.07, 6.45) is 6.56. The summed E-state index contributed by atoms with van der Waals surface area (Å²) in [6.45, 7) is 4.18. The highest BCUT2D eigenvalue weighted by Crippen LogP contribution is 2.39. The van der Waals surface area contributed by atoms with Crippen molar-refractivity contribution in [3.8, 4) is 11.3 Å². The Kier molecular flexibility index (Phi) is 5.48. The second kappa shape index (κ2) is 8.58. The van der Waals surface area contributed by atoms with E-state index in [1.807, 2.05) is 24.7 Å². The summed E-state index contributed by atoms with van der Waals surface area (Å²) in [5.74, 6) is -0.429. The van der Waals surface area contributed by atoms with Crippen molar-refractivity contribution >= 4 is 28.7 Å². The number of aryl methyl sites for hydroxylation is 2. The SMILES string of the molecule is Cc1nc2nc([C@@H]3C[C@H](c4cnn(C5CC5)c4)C(=O)N(C)C3)nc(-c3ccc(Cl)cc3F)c2nc1C. The Labute approximate surface area is 212 Å². The van der Waals surface area contributed by atoms with E-state index >= 15 is 4.39 Å². The predicted molar refractivity (Wildman–Crippen MR) is 133 cm³/mol. The van der Waals surface area contributed by atoms with Crippen LogP contribution < -0.4 is 0 Å². The highest BCUT2D eigenvalue weighted by molar-refractivity contribution is 6.30. The van der Waals surface area contributed by atoms with Gasteiger partial charge in [0, 0.05) is 41.9 Å². The minimum atomic E-state index is -0.491. The lowest BCUT2D eigenvalue weighted by molar-refractivity contribution is -0.134. The van der Waals surface area contributed by atoms with Crippen LogP contribution in [0.25, 0.3) is 22.4 Å². The van der Waals surface area contributed by atoms with E-state index < -0.39 is 5.82 Å².